The molecule has 3 rings (SSSR count). The molecule has 24 heavy (non-hydrogen) atoms. The van der Waals surface area contributed by atoms with Crippen LogP contribution in [0.5, 0.6) is 0 Å². The van der Waals surface area contributed by atoms with Gasteiger partial charge in [0.25, 0.3) is 0 Å². The largest absolute Gasteiger partial charge is 0.375 e. The van der Waals surface area contributed by atoms with E-state index in [1.165, 1.54) is 11.1 Å². The number of hydrogen-bond acceptors (Lipinski definition) is 3. The summed E-state index contributed by atoms with van der Waals surface area (Å²) in [5, 5.41) is 3.21. The maximum atomic E-state index is 12.7. The van der Waals surface area contributed by atoms with Gasteiger partial charge in [0.2, 0.25) is 0 Å². The highest BCUT2D eigenvalue weighted by Crippen LogP contribution is 2.23. The van der Waals surface area contributed by atoms with Gasteiger partial charge in [-0.15, -0.1) is 0 Å². The van der Waals surface area contributed by atoms with Crippen LogP contribution in [0.2, 0.25) is 0 Å². The molecule has 5 nitrogen and oxygen atoms in total. The van der Waals surface area contributed by atoms with Gasteiger partial charge in [0.1, 0.15) is 0 Å². The van der Waals surface area contributed by atoms with E-state index in [4.69, 9.17) is 4.74 Å². The Labute approximate surface area is 145 Å². The normalized spacial score (nSPS) is 25.9. The number of piperidine rings is 1. The summed E-state index contributed by atoms with van der Waals surface area (Å²) in [5.74, 6) is 0. The summed E-state index contributed by atoms with van der Waals surface area (Å²) in [6.07, 6.45) is 2.08. The van der Waals surface area contributed by atoms with Crippen molar-refractivity contribution in [3.05, 3.63) is 35.4 Å². The summed E-state index contributed by atoms with van der Waals surface area (Å²) in [4.78, 5) is 17.0. The van der Waals surface area contributed by atoms with Gasteiger partial charge in [-0.1, -0.05) is 36.8 Å². The lowest BCUT2D eigenvalue weighted by Crippen LogP contribution is -2.60. The quantitative estimate of drug-likeness (QED) is 0.926. The summed E-state index contributed by atoms with van der Waals surface area (Å²) in [5.41, 5.74) is 2.41. The van der Waals surface area contributed by atoms with Crippen molar-refractivity contribution >= 4 is 6.03 Å². The maximum Gasteiger partial charge on any atom is 0.317 e. The third-order valence-electron chi connectivity index (χ3n) is 5.34. The minimum atomic E-state index is 0.0415. The van der Waals surface area contributed by atoms with Crippen molar-refractivity contribution < 1.29 is 9.53 Å². The highest BCUT2D eigenvalue weighted by Gasteiger charge is 2.37. The van der Waals surface area contributed by atoms with E-state index in [1.54, 1.807) is 0 Å². The number of morpholine rings is 1. The molecule has 3 unspecified atom stereocenters. The molecule has 0 spiro atoms. The molecule has 1 aromatic rings. The fourth-order valence-corrected chi connectivity index (χ4v) is 3.69. The Morgan fingerprint density at radius 1 is 1.33 bits per heavy atom. The number of hydrogen-bond donors (Lipinski definition) is 1. The van der Waals surface area contributed by atoms with Gasteiger partial charge in [0.15, 0.2) is 0 Å². The molecular formula is C19H29N3O2. The van der Waals surface area contributed by atoms with Crippen LogP contribution in [0.4, 0.5) is 4.79 Å². The van der Waals surface area contributed by atoms with Gasteiger partial charge in [0, 0.05) is 19.6 Å². The molecule has 2 fully saturated rings. The Balaban J connectivity index is 1.62. The second-order valence-corrected chi connectivity index (χ2v) is 7.01. The Hall–Kier alpha value is -1.59. The van der Waals surface area contributed by atoms with E-state index in [0.29, 0.717) is 6.04 Å². The van der Waals surface area contributed by atoms with Crippen LogP contribution in [0.1, 0.15) is 36.9 Å². The minimum absolute atomic E-state index is 0.0415. The fourth-order valence-electron chi connectivity index (χ4n) is 3.69. The van der Waals surface area contributed by atoms with Crippen LogP contribution in [-0.4, -0.2) is 61.3 Å². The molecule has 0 saturated carbocycles. The summed E-state index contributed by atoms with van der Waals surface area (Å²) in [6.45, 7) is 7.45. The standard InChI is InChI=1S/C19H29N3O2/c1-4-16(15-7-5-14(2)6-8-15)20-19(23)22-10-9-18-17(13-22)21(3)11-12-24-18/h5-8,16-18H,4,9-13H2,1-3H3,(H,20,23). The molecule has 1 aromatic carbocycles. The molecular weight excluding hydrogens is 302 g/mol. The second kappa shape index (κ2) is 7.53. The first kappa shape index (κ1) is 17.2. The Morgan fingerprint density at radius 3 is 2.79 bits per heavy atom. The van der Waals surface area contributed by atoms with Gasteiger partial charge < -0.3 is 15.0 Å². The lowest BCUT2D eigenvalue weighted by molar-refractivity contribution is -0.0882. The van der Waals surface area contributed by atoms with Gasteiger partial charge in [-0.25, -0.2) is 4.79 Å². The minimum Gasteiger partial charge on any atom is -0.375 e. The SMILES string of the molecule is CCC(NC(=O)N1CCC2OCCN(C)C2C1)c1ccc(C)cc1. The molecule has 3 atom stereocenters. The maximum absolute atomic E-state index is 12.7. The van der Waals surface area contributed by atoms with E-state index in [0.717, 1.165) is 39.1 Å². The van der Waals surface area contributed by atoms with Gasteiger partial charge in [-0.2, -0.15) is 0 Å². The summed E-state index contributed by atoms with van der Waals surface area (Å²) in [7, 11) is 2.13. The van der Waals surface area contributed by atoms with Crippen LogP contribution in [0.3, 0.4) is 0 Å². The average molecular weight is 331 g/mol. The third kappa shape index (κ3) is 3.73. The molecule has 0 aromatic heterocycles. The summed E-state index contributed by atoms with van der Waals surface area (Å²) in [6, 6.07) is 8.85. The van der Waals surface area contributed by atoms with Crippen LogP contribution in [0.25, 0.3) is 0 Å². The first-order valence-corrected chi connectivity index (χ1v) is 9.02. The van der Waals surface area contributed by atoms with E-state index < -0.39 is 0 Å². The van der Waals surface area contributed by atoms with Crippen molar-refractivity contribution in [1.29, 1.82) is 0 Å². The number of benzene rings is 1. The number of likely N-dealkylation sites (tertiary alicyclic amines) is 1. The smallest absolute Gasteiger partial charge is 0.317 e. The number of aryl methyl sites for hydroxylation is 1. The van der Waals surface area contributed by atoms with Gasteiger partial charge >= 0.3 is 6.03 Å². The Bertz CT molecular complexity index is 560. The topological polar surface area (TPSA) is 44.8 Å². The Kier molecular flexibility index (Phi) is 5.41. The molecule has 0 bridgehead atoms. The number of amides is 2. The average Bonchev–Trinajstić information content (AvgIpc) is 2.60. The molecule has 0 aliphatic carbocycles. The number of carbonyl (C=O) groups is 1. The van der Waals surface area contributed by atoms with Gasteiger partial charge in [-0.05, 0) is 32.4 Å². The Morgan fingerprint density at radius 2 is 2.08 bits per heavy atom. The number of urea groups is 1. The molecule has 5 heteroatoms. The van der Waals surface area contributed by atoms with Crippen molar-refractivity contribution in [2.45, 2.75) is 44.9 Å². The van der Waals surface area contributed by atoms with E-state index in [-0.39, 0.29) is 18.2 Å². The first-order valence-electron chi connectivity index (χ1n) is 9.02. The number of ether oxygens (including phenoxy) is 1. The highest BCUT2D eigenvalue weighted by atomic mass is 16.5. The lowest BCUT2D eigenvalue weighted by Gasteiger charge is -2.45. The van der Waals surface area contributed by atoms with Gasteiger partial charge in [0.05, 0.1) is 24.8 Å². The summed E-state index contributed by atoms with van der Waals surface area (Å²) < 4.78 is 5.86. The zero-order valence-electron chi connectivity index (χ0n) is 15.0. The number of rotatable bonds is 3. The van der Waals surface area contributed by atoms with Crippen LogP contribution >= 0.6 is 0 Å². The molecule has 2 heterocycles. The molecule has 2 aliphatic rings. The number of fused-ring (bicyclic) bond motifs is 1. The highest BCUT2D eigenvalue weighted by molar-refractivity contribution is 5.75. The predicted molar refractivity (Wildman–Crippen MR) is 95.1 cm³/mol. The van der Waals surface area contributed by atoms with Crippen molar-refractivity contribution in [3.8, 4) is 0 Å². The second-order valence-electron chi connectivity index (χ2n) is 7.01. The van der Waals surface area contributed by atoms with Crippen LogP contribution in [0, 0.1) is 6.92 Å². The van der Waals surface area contributed by atoms with Crippen LogP contribution in [-0.2, 0) is 4.74 Å². The molecule has 2 saturated heterocycles. The summed E-state index contributed by atoms with van der Waals surface area (Å²) >= 11 is 0. The zero-order valence-corrected chi connectivity index (χ0v) is 15.0. The van der Waals surface area contributed by atoms with Crippen LogP contribution in [0.15, 0.2) is 24.3 Å². The van der Waals surface area contributed by atoms with E-state index >= 15 is 0 Å². The molecule has 0 radical (unpaired) electrons. The molecule has 132 valence electrons. The van der Waals surface area contributed by atoms with Gasteiger partial charge in [-0.3, -0.25) is 4.90 Å². The number of carbonyl (C=O) groups excluding carboxylic acids is 1. The van der Waals surface area contributed by atoms with E-state index in [2.05, 4.69) is 55.4 Å². The molecule has 2 aliphatic heterocycles. The van der Waals surface area contributed by atoms with Crippen molar-refractivity contribution in [1.82, 2.24) is 15.1 Å². The van der Waals surface area contributed by atoms with Crippen molar-refractivity contribution in [2.75, 3.05) is 33.3 Å². The monoisotopic (exact) mass is 331 g/mol. The first-order chi connectivity index (χ1) is 11.6. The zero-order chi connectivity index (χ0) is 17.1. The van der Waals surface area contributed by atoms with Crippen molar-refractivity contribution in [3.63, 3.8) is 0 Å². The van der Waals surface area contributed by atoms with E-state index in [9.17, 15) is 4.79 Å². The predicted octanol–water partition coefficient (Wildman–Crippen LogP) is 2.56. The molecule has 1 N–H and O–H groups in total. The lowest BCUT2D eigenvalue weighted by atomic mass is 9.99. The van der Waals surface area contributed by atoms with E-state index in [1.807, 2.05) is 4.90 Å². The van der Waals surface area contributed by atoms with Crippen LogP contribution < -0.4 is 5.32 Å². The van der Waals surface area contributed by atoms with Crippen molar-refractivity contribution in [2.24, 2.45) is 0 Å². The fraction of sp³-hybridized carbons (Fsp3) is 0.632. The number of nitrogens with zero attached hydrogens (tertiary/aromatic N) is 2. The molecule has 2 amide bonds. The third-order valence-corrected chi connectivity index (χ3v) is 5.34. The number of likely N-dealkylation sites (N-methyl/N-ethyl adjacent to an activating group) is 1. The number of nitrogens with one attached hydrogen (secondary N) is 1.